The molecule has 1 aliphatic heterocycles. The Morgan fingerprint density at radius 1 is 1.29 bits per heavy atom. The summed E-state index contributed by atoms with van der Waals surface area (Å²) < 4.78 is 5.60. The average molecular weight is 197 g/mol. The van der Waals surface area contributed by atoms with Crippen molar-refractivity contribution >= 4 is 0 Å². The van der Waals surface area contributed by atoms with Crippen molar-refractivity contribution in [3.05, 3.63) is 0 Å². The van der Waals surface area contributed by atoms with Gasteiger partial charge in [-0.15, -0.1) is 0 Å². The van der Waals surface area contributed by atoms with E-state index in [0.29, 0.717) is 11.6 Å². The zero-order valence-electron chi connectivity index (χ0n) is 9.51. The van der Waals surface area contributed by atoms with Gasteiger partial charge in [-0.1, -0.05) is 0 Å². The van der Waals surface area contributed by atoms with Gasteiger partial charge in [-0.25, -0.2) is 0 Å². The summed E-state index contributed by atoms with van der Waals surface area (Å²) in [5.41, 5.74) is 0.360. The lowest BCUT2D eigenvalue weighted by atomic mass is 9.98. The van der Waals surface area contributed by atoms with E-state index in [9.17, 15) is 0 Å². The van der Waals surface area contributed by atoms with Crippen LogP contribution in [0.5, 0.6) is 0 Å². The molecule has 0 amide bonds. The maximum atomic E-state index is 5.60. The third-order valence-electron chi connectivity index (χ3n) is 3.67. The SMILES string of the molecule is CC(C)(NCCC1CCCO1)C1CC1. The fourth-order valence-electron chi connectivity index (χ4n) is 2.38. The van der Waals surface area contributed by atoms with Crippen LogP contribution >= 0.6 is 0 Å². The van der Waals surface area contributed by atoms with Crippen LogP contribution < -0.4 is 5.32 Å². The molecule has 2 nitrogen and oxygen atoms in total. The molecule has 0 bridgehead atoms. The average Bonchev–Trinajstić information content (AvgIpc) is 2.87. The van der Waals surface area contributed by atoms with E-state index in [0.717, 1.165) is 19.1 Å². The van der Waals surface area contributed by atoms with E-state index >= 15 is 0 Å². The molecule has 2 fully saturated rings. The monoisotopic (exact) mass is 197 g/mol. The molecule has 82 valence electrons. The highest BCUT2D eigenvalue weighted by Gasteiger charge is 2.37. The van der Waals surface area contributed by atoms with Crippen LogP contribution in [0.15, 0.2) is 0 Å². The Kier molecular flexibility index (Phi) is 3.13. The third kappa shape index (κ3) is 2.71. The van der Waals surface area contributed by atoms with Gasteiger partial charge in [0.2, 0.25) is 0 Å². The first-order valence-corrected chi connectivity index (χ1v) is 6.05. The second-order valence-corrected chi connectivity index (χ2v) is 5.35. The van der Waals surface area contributed by atoms with Gasteiger partial charge in [0, 0.05) is 12.1 Å². The summed E-state index contributed by atoms with van der Waals surface area (Å²) in [5, 5.41) is 3.67. The van der Waals surface area contributed by atoms with E-state index in [-0.39, 0.29) is 0 Å². The van der Waals surface area contributed by atoms with Crippen molar-refractivity contribution in [2.24, 2.45) is 5.92 Å². The molecule has 1 unspecified atom stereocenters. The normalized spacial score (nSPS) is 28.3. The topological polar surface area (TPSA) is 21.3 Å². The lowest BCUT2D eigenvalue weighted by Gasteiger charge is -2.26. The summed E-state index contributed by atoms with van der Waals surface area (Å²) in [6.45, 7) is 6.77. The number of nitrogens with one attached hydrogen (secondary N) is 1. The van der Waals surface area contributed by atoms with Crippen molar-refractivity contribution in [3.63, 3.8) is 0 Å². The minimum absolute atomic E-state index is 0.360. The molecule has 1 heterocycles. The van der Waals surface area contributed by atoms with E-state index in [1.165, 1.54) is 32.1 Å². The molecule has 1 saturated carbocycles. The Morgan fingerprint density at radius 3 is 2.64 bits per heavy atom. The third-order valence-corrected chi connectivity index (χ3v) is 3.67. The van der Waals surface area contributed by atoms with Gasteiger partial charge in [0.15, 0.2) is 0 Å². The molecule has 2 heteroatoms. The molecular formula is C12H23NO. The Labute approximate surface area is 87.4 Å². The van der Waals surface area contributed by atoms with Gasteiger partial charge in [-0.2, -0.15) is 0 Å². The molecule has 1 saturated heterocycles. The maximum Gasteiger partial charge on any atom is 0.0588 e. The van der Waals surface area contributed by atoms with E-state index in [2.05, 4.69) is 19.2 Å². The summed E-state index contributed by atoms with van der Waals surface area (Å²) in [7, 11) is 0. The van der Waals surface area contributed by atoms with Crippen molar-refractivity contribution in [2.45, 2.75) is 57.6 Å². The first-order valence-electron chi connectivity index (χ1n) is 6.05. The van der Waals surface area contributed by atoms with Crippen molar-refractivity contribution in [2.75, 3.05) is 13.2 Å². The van der Waals surface area contributed by atoms with Gasteiger partial charge in [0.1, 0.15) is 0 Å². The summed E-state index contributed by atoms with van der Waals surface area (Å²) in [6, 6.07) is 0. The summed E-state index contributed by atoms with van der Waals surface area (Å²) in [5.74, 6) is 0.923. The van der Waals surface area contributed by atoms with Crippen LogP contribution in [-0.4, -0.2) is 24.8 Å². The van der Waals surface area contributed by atoms with Crippen LogP contribution in [-0.2, 0) is 4.74 Å². The van der Waals surface area contributed by atoms with Gasteiger partial charge >= 0.3 is 0 Å². The van der Waals surface area contributed by atoms with E-state index in [1.54, 1.807) is 0 Å². The number of hydrogen-bond acceptors (Lipinski definition) is 2. The molecule has 1 atom stereocenters. The Balaban J connectivity index is 1.61. The minimum Gasteiger partial charge on any atom is -0.378 e. The van der Waals surface area contributed by atoms with Crippen LogP contribution in [0, 0.1) is 5.92 Å². The molecular weight excluding hydrogens is 174 g/mol. The molecule has 14 heavy (non-hydrogen) atoms. The van der Waals surface area contributed by atoms with Gasteiger partial charge in [0.05, 0.1) is 6.10 Å². The van der Waals surface area contributed by atoms with Crippen molar-refractivity contribution in [3.8, 4) is 0 Å². The maximum absolute atomic E-state index is 5.60. The first kappa shape index (κ1) is 10.4. The molecule has 2 aliphatic rings. The van der Waals surface area contributed by atoms with Crippen molar-refractivity contribution in [1.82, 2.24) is 5.32 Å². The van der Waals surface area contributed by atoms with E-state index in [4.69, 9.17) is 4.74 Å². The Bertz CT molecular complexity index is 181. The standard InChI is InChI=1S/C12H23NO/c1-12(2,10-5-6-10)13-8-7-11-4-3-9-14-11/h10-11,13H,3-9H2,1-2H3. The highest BCUT2D eigenvalue weighted by atomic mass is 16.5. The number of ether oxygens (including phenoxy) is 1. The van der Waals surface area contributed by atoms with E-state index in [1.807, 2.05) is 0 Å². The summed E-state index contributed by atoms with van der Waals surface area (Å²) >= 11 is 0. The fraction of sp³-hybridized carbons (Fsp3) is 1.00. The van der Waals surface area contributed by atoms with E-state index < -0.39 is 0 Å². The molecule has 1 N–H and O–H groups in total. The lowest BCUT2D eigenvalue weighted by molar-refractivity contribution is 0.102. The van der Waals surface area contributed by atoms with Crippen LogP contribution in [0.25, 0.3) is 0 Å². The van der Waals surface area contributed by atoms with Gasteiger partial charge in [-0.3, -0.25) is 0 Å². The molecule has 2 rings (SSSR count). The second kappa shape index (κ2) is 4.19. The van der Waals surface area contributed by atoms with Crippen LogP contribution in [0.3, 0.4) is 0 Å². The predicted molar refractivity (Wildman–Crippen MR) is 58.4 cm³/mol. The Hall–Kier alpha value is -0.0800. The van der Waals surface area contributed by atoms with Gasteiger partial charge in [0.25, 0.3) is 0 Å². The molecule has 0 aromatic rings. The predicted octanol–water partition coefficient (Wildman–Crippen LogP) is 2.33. The molecule has 0 radical (unpaired) electrons. The highest BCUT2D eigenvalue weighted by molar-refractivity contribution is 4.94. The molecule has 1 aliphatic carbocycles. The van der Waals surface area contributed by atoms with Crippen molar-refractivity contribution < 1.29 is 4.74 Å². The smallest absolute Gasteiger partial charge is 0.0588 e. The van der Waals surface area contributed by atoms with Crippen molar-refractivity contribution in [1.29, 1.82) is 0 Å². The van der Waals surface area contributed by atoms with Crippen LogP contribution in [0.4, 0.5) is 0 Å². The molecule has 0 aromatic carbocycles. The lowest BCUT2D eigenvalue weighted by Crippen LogP contribution is -2.42. The summed E-state index contributed by atoms with van der Waals surface area (Å²) in [6.07, 6.45) is 7.09. The zero-order chi connectivity index (χ0) is 10.0. The largest absolute Gasteiger partial charge is 0.378 e. The number of rotatable bonds is 5. The van der Waals surface area contributed by atoms with Crippen LogP contribution in [0.1, 0.15) is 46.0 Å². The quantitative estimate of drug-likeness (QED) is 0.730. The van der Waals surface area contributed by atoms with Gasteiger partial charge < -0.3 is 10.1 Å². The number of hydrogen-bond donors (Lipinski definition) is 1. The molecule has 0 aromatic heterocycles. The molecule has 0 spiro atoms. The fourth-order valence-corrected chi connectivity index (χ4v) is 2.38. The highest BCUT2D eigenvalue weighted by Crippen LogP contribution is 2.39. The summed E-state index contributed by atoms with van der Waals surface area (Å²) in [4.78, 5) is 0. The van der Waals surface area contributed by atoms with Gasteiger partial charge in [-0.05, 0) is 58.4 Å². The first-order chi connectivity index (χ1) is 6.68. The minimum atomic E-state index is 0.360. The Morgan fingerprint density at radius 2 is 2.07 bits per heavy atom. The second-order valence-electron chi connectivity index (χ2n) is 5.35. The zero-order valence-corrected chi connectivity index (χ0v) is 9.51. The van der Waals surface area contributed by atoms with Crippen LogP contribution in [0.2, 0.25) is 0 Å².